The van der Waals surface area contributed by atoms with Gasteiger partial charge in [-0.25, -0.2) is 4.39 Å². The van der Waals surface area contributed by atoms with Crippen molar-refractivity contribution >= 4 is 0 Å². The van der Waals surface area contributed by atoms with E-state index in [1.807, 2.05) is 14.0 Å². The zero-order valence-electron chi connectivity index (χ0n) is 12.1. The van der Waals surface area contributed by atoms with Crippen LogP contribution in [0.15, 0.2) is 18.2 Å². The van der Waals surface area contributed by atoms with Crippen LogP contribution in [0.25, 0.3) is 0 Å². The molecule has 1 rings (SSSR count). The Morgan fingerprint density at radius 3 is 2.17 bits per heavy atom. The molecule has 1 atom stereocenters. The molecule has 0 aliphatic rings. The first-order valence-electron chi connectivity index (χ1n) is 7.06. The minimum atomic E-state index is -0.128. The van der Waals surface area contributed by atoms with Gasteiger partial charge in [-0.15, -0.1) is 0 Å². The van der Waals surface area contributed by atoms with Crippen LogP contribution in [0.4, 0.5) is 4.39 Å². The van der Waals surface area contributed by atoms with Gasteiger partial charge in [0, 0.05) is 6.04 Å². The molecule has 0 heterocycles. The van der Waals surface area contributed by atoms with Gasteiger partial charge >= 0.3 is 0 Å². The van der Waals surface area contributed by atoms with Crippen molar-refractivity contribution in [2.24, 2.45) is 5.92 Å². The van der Waals surface area contributed by atoms with Gasteiger partial charge in [-0.1, -0.05) is 32.8 Å². The number of hydrogen-bond acceptors (Lipinski definition) is 1. The highest BCUT2D eigenvalue weighted by Crippen LogP contribution is 2.30. The van der Waals surface area contributed by atoms with Crippen LogP contribution >= 0.6 is 0 Å². The quantitative estimate of drug-likeness (QED) is 0.746. The second-order valence-electron chi connectivity index (χ2n) is 5.17. The van der Waals surface area contributed by atoms with E-state index in [4.69, 9.17) is 0 Å². The Bertz CT molecular complexity index is 336. The van der Waals surface area contributed by atoms with Crippen LogP contribution in [-0.4, -0.2) is 7.05 Å². The molecule has 102 valence electrons. The van der Waals surface area contributed by atoms with Crippen molar-refractivity contribution in [3.63, 3.8) is 0 Å². The lowest BCUT2D eigenvalue weighted by Crippen LogP contribution is -2.25. The molecular formula is C16H26FN. The van der Waals surface area contributed by atoms with E-state index < -0.39 is 0 Å². The Kier molecular flexibility index (Phi) is 6.34. The topological polar surface area (TPSA) is 12.0 Å². The van der Waals surface area contributed by atoms with Crippen LogP contribution in [0.2, 0.25) is 0 Å². The van der Waals surface area contributed by atoms with Crippen molar-refractivity contribution in [3.8, 4) is 0 Å². The first kappa shape index (κ1) is 15.2. The third kappa shape index (κ3) is 4.09. The fourth-order valence-corrected chi connectivity index (χ4v) is 2.84. The molecule has 1 N–H and O–H groups in total. The van der Waals surface area contributed by atoms with E-state index in [9.17, 15) is 4.39 Å². The van der Waals surface area contributed by atoms with E-state index in [1.165, 1.54) is 25.7 Å². The average molecular weight is 251 g/mol. The van der Waals surface area contributed by atoms with Crippen molar-refractivity contribution in [2.75, 3.05) is 7.05 Å². The van der Waals surface area contributed by atoms with Crippen molar-refractivity contribution in [2.45, 2.75) is 52.5 Å². The maximum atomic E-state index is 13.5. The first-order valence-corrected chi connectivity index (χ1v) is 7.06. The number of hydrogen-bond donors (Lipinski definition) is 1. The Balaban J connectivity index is 2.97. The van der Waals surface area contributed by atoms with Crippen LogP contribution in [-0.2, 0) is 0 Å². The summed E-state index contributed by atoms with van der Waals surface area (Å²) in [4.78, 5) is 0. The van der Waals surface area contributed by atoms with E-state index in [0.29, 0.717) is 5.92 Å². The van der Waals surface area contributed by atoms with Gasteiger partial charge in [0.1, 0.15) is 5.82 Å². The molecule has 1 aromatic rings. The van der Waals surface area contributed by atoms with E-state index >= 15 is 0 Å². The normalized spacial score (nSPS) is 13.0. The summed E-state index contributed by atoms with van der Waals surface area (Å²) < 4.78 is 13.5. The summed E-state index contributed by atoms with van der Waals surface area (Å²) in [6, 6.07) is 5.62. The second-order valence-corrected chi connectivity index (χ2v) is 5.17. The number of aryl methyl sites for hydroxylation is 1. The molecule has 0 saturated carbocycles. The summed E-state index contributed by atoms with van der Waals surface area (Å²) in [6.07, 6.45) is 4.73. The average Bonchev–Trinajstić information content (AvgIpc) is 2.29. The highest BCUT2D eigenvalue weighted by molar-refractivity contribution is 5.26. The molecule has 0 aromatic heterocycles. The number of nitrogens with one attached hydrogen (secondary N) is 1. The molecule has 0 bridgehead atoms. The van der Waals surface area contributed by atoms with Gasteiger partial charge in [-0.05, 0) is 56.0 Å². The summed E-state index contributed by atoms with van der Waals surface area (Å²) in [7, 11) is 1.98. The van der Waals surface area contributed by atoms with E-state index in [-0.39, 0.29) is 11.9 Å². The molecule has 0 spiro atoms. The van der Waals surface area contributed by atoms with E-state index in [2.05, 4.69) is 25.2 Å². The Morgan fingerprint density at radius 2 is 1.72 bits per heavy atom. The minimum Gasteiger partial charge on any atom is -0.313 e. The monoisotopic (exact) mass is 251 g/mol. The Morgan fingerprint density at radius 1 is 1.11 bits per heavy atom. The SMILES string of the molecule is CCCC(CCC)C(NC)c1cc(C)cc(F)c1. The third-order valence-corrected chi connectivity index (χ3v) is 3.52. The second kappa shape index (κ2) is 7.52. The molecular weight excluding hydrogens is 225 g/mol. The number of benzene rings is 1. The van der Waals surface area contributed by atoms with Crippen molar-refractivity contribution in [1.82, 2.24) is 5.32 Å². The first-order chi connectivity index (χ1) is 8.62. The highest BCUT2D eigenvalue weighted by atomic mass is 19.1. The fraction of sp³-hybridized carbons (Fsp3) is 0.625. The molecule has 0 aliphatic carbocycles. The standard InChI is InChI=1S/C16H26FN/c1-5-7-13(8-6-2)16(18-4)14-9-12(3)10-15(17)11-14/h9-11,13,16,18H,5-8H2,1-4H3. The van der Waals surface area contributed by atoms with Gasteiger partial charge in [0.2, 0.25) is 0 Å². The molecule has 0 aliphatic heterocycles. The summed E-state index contributed by atoms with van der Waals surface area (Å²) in [6.45, 7) is 6.38. The lowest BCUT2D eigenvalue weighted by Gasteiger charge is -2.27. The highest BCUT2D eigenvalue weighted by Gasteiger charge is 2.20. The number of rotatable bonds is 7. The van der Waals surface area contributed by atoms with Crippen LogP contribution < -0.4 is 5.32 Å². The van der Waals surface area contributed by atoms with Crippen LogP contribution in [0.5, 0.6) is 0 Å². The molecule has 1 aromatic carbocycles. The van der Waals surface area contributed by atoms with Crippen LogP contribution in [0, 0.1) is 18.7 Å². The summed E-state index contributed by atoms with van der Waals surface area (Å²) >= 11 is 0. The molecule has 1 unspecified atom stereocenters. The van der Waals surface area contributed by atoms with Gasteiger partial charge in [0.05, 0.1) is 0 Å². The predicted molar refractivity (Wildman–Crippen MR) is 76.2 cm³/mol. The Hall–Kier alpha value is -0.890. The maximum absolute atomic E-state index is 13.5. The van der Waals surface area contributed by atoms with Crippen molar-refractivity contribution < 1.29 is 4.39 Å². The lowest BCUT2D eigenvalue weighted by atomic mass is 9.86. The van der Waals surface area contributed by atoms with E-state index in [1.54, 1.807) is 12.1 Å². The predicted octanol–water partition coefficient (Wildman–Crippen LogP) is 4.61. The summed E-state index contributed by atoms with van der Waals surface area (Å²) in [5, 5.41) is 3.38. The van der Waals surface area contributed by atoms with Crippen LogP contribution in [0.3, 0.4) is 0 Å². The van der Waals surface area contributed by atoms with Gasteiger partial charge in [0.25, 0.3) is 0 Å². The molecule has 2 heteroatoms. The summed E-state index contributed by atoms with van der Waals surface area (Å²) in [5.41, 5.74) is 2.08. The third-order valence-electron chi connectivity index (χ3n) is 3.52. The molecule has 0 amide bonds. The molecule has 0 radical (unpaired) electrons. The molecule has 1 nitrogen and oxygen atoms in total. The van der Waals surface area contributed by atoms with Crippen molar-refractivity contribution in [3.05, 3.63) is 35.1 Å². The molecule has 18 heavy (non-hydrogen) atoms. The largest absolute Gasteiger partial charge is 0.313 e. The van der Waals surface area contributed by atoms with Crippen LogP contribution in [0.1, 0.15) is 56.7 Å². The molecule has 0 saturated heterocycles. The lowest BCUT2D eigenvalue weighted by molar-refractivity contribution is 0.330. The van der Waals surface area contributed by atoms with Gasteiger partial charge in [-0.2, -0.15) is 0 Å². The van der Waals surface area contributed by atoms with Gasteiger partial charge in [0.15, 0.2) is 0 Å². The minimum absolute atomic E-state index is 0.128. The fourth-order valence-electron chi connectivity index (χ4n) is 2.84. The van der Waals surface area contributed by atoms with Gasteiger partial charge < -0.3 is 5.32 Å². The van der Waals surface area contributed by atoms with Crippen molar-refractivity contribution in [1.29, 1.82) is 0 Å². The zero-order chi connectivity index (χ0) is 13.5. The smallest absolute Gasteiger partial charge is 0.123 e. The zero-order valence-corrected chi connectivity index (χ0v) is 12.1. The molecule has 0 fully saturated rings. The number of halogens is 1. The van der Waals surface area contributed by atoms with E-state index in [0.717, 1.165) is 11.1 Å². The maximum Gasteiger partial charge on any atom is 0.123 e. The summed E-state index contributed by atoms with van der Waals surface area (Å²) in [5.74, 6) is 0.461. The Labute approximate surface area is 111 Å². The van der Waals surface area contributed by atoms with Gasteiger partial charge in [-0.3, -0.25) is 0 Å².